The third kappa shape index (κ3) is 5.28. The maximum atomic E-state index is 14.7. The summed E-state index contributed by atoms with van der Waals surface area (Å²) in [5, 5.41) is 0. The first-order chi connectivity index (χ1) is 16.7. The molecule has 3 heterocycles. The van der Waals surface area contributed by atoms with Crippen molar-refractivity contribution in [3.63, 3.8) is 0 Å². The first kappa shape index (κ1) is 24.6. The molecule has 0 radical (unpaired) electrons. The highest BCUT2D eigenvalue weighted by atomic mass is 19.4. The first-order valence-corrected chi connectivity index (χ1v) is 11.5. The van der Waals surface area contributed by atoms with Crippen LogP contribution in [0.2, 0.25) is 0 Å². The second-order valence-electron chi connectivity index (χ2n) is 8.26. The van der Waals surface area contributed by atoms with E-state index in [4.69, 9.17) is 0 Å². The monoisotopic (exact) mass is 489 g/mol. The summed E-state index contributed by atoms with van der Waals surface area (Å²) in [6.45, 7) is 8.44. The minimum atomic E-state index is -4.49. The van der Waals surface area contributed by atoms with Crippen LogP contribution < -0.4 is 14.7 Å². The molecule has 11 heteroatoms. The normalized spacial score (nSPS) is 14.4. The van der Waals surface area contributed by atoms with E-state index in [0.717, 1.165) is 11.6 Å². The second kappa shape index (κ2) is 10.0. The van der Waals surface area contributed by atoms with E-state index in [-0.39, 0.29) is 17.2 Å². The molecular weight excluding hydrogens is 462 g/mol. The fraction of sp³-hybridized carbons (Fsp3) is 0.417. The van der Waals surface area contributed by atoms with Gasteiger partial charge >= 0.3 is 6.18 Å². The van der Waals surface area contributed by atoms with Gasteiger partial charge < -0.3 is 14.7 Å². The van der Waals surface area contributed by atoms with Crippen molar-refractivity contribution in [2.45, 2.75) is 26.9 Å². The standard InChI is InChI=1S/C24H27F4N7/c1-4-33(5-2)22-30-20(17-9-8-16(3)15-19(17)25)31-23(32-22)35-13-11-34(12-14-35)21-18(24(26,27)28)7-6-10-29-21/h6-10,15H,4-5,11-14H2,1-3H3. The number of aromatic nitrogens is 4. The predicted octanol–water partition coefficient (Wildman–Crippen LogP) is 4.57. The average Bonchev–Trinajstić information content (AvgIpc) is 2.84. The van der Waals surface area contributed by atoms with Gasteiger partial charge in [0, 0.05) is 45.5 Å². The van der Waals surface area contributed by atoms with Crippen molar-refractivity contribution in [1.29, 1.82) is 0 Å². The zero-order valence-electron chi connectivity index (χ0n) is 19.8. The highest BCUT2D eigenvalue weighted by Gasteiger charge is 2.36. The summed E-state index contributed by atoms with van der Waals surface area (Å²) >= 11 is 0. The molecule has 0 amide bonds. The van der Waals surface area contributed by atoms with E-state index in [1.807, 2.05) is 23.6 Å². The fourth-order valence-electron chi connectivity index (χ4n) is 4.05. The van der Waals surface area contributed by atoms with E-state index < -0.39 is 17.6 Å². The lowest BCUT2D eigenvalue weighted by Crippen LogP contribution is -2.48. The van der Waals surface area contributed by atoms with Crippen molar-refractivity contribution < 1.29 is 17.6 Å². The largest absolute Gasteiger partial charge is 0.419 e. The Bertz CT molecular complexity index is 1170. The smallest absolute Gasteiger partial charge is 0.353 e. The van der Waals surface area contributed by atoms with Gasteiger partial charge in [-0.3, -0.25) is 0 Å². The molecule has 2 aromatic heterocycles. The minimum Gasteiger partial charge on any atom is -0.353 e. The van der Waals surface area contributed by atoms with Crippen LogP contribution in [-0.4, -0.2) is 59.2 Å². The maximum absolute atomic E-state index is 14.7. The van der Waals surface area contributed by atoms with Crippen LogP contribution in [0.25, 0.3) is 11.4 Å². The lowest BCUT2D eigenvalue weighted by atomic mass is 10.1. The number of anilines is 3. The SMILES string of the molecule is CCN(CC)c1nc(-c2ccc(C)cc2F)nc(N2CCN(c3ncccc3C(F)(F)F)CC2)n1. The van der Waals surface area contributed by atoms with Crippen molar-refractivity contribution in [1.82, 2.24) is 19.9 Å². The first-order valence-electron chi connectivity index (χ1n) is 11.5. The predicted molar refractivity (Wildman–Crippen MR) is 127 cm³/mol. The molecule has 0 atom stereocenters. The minimum absolute atomic E-state index is 0.0819. The number of piperazine rings is 1. The molecule has 186 valence electrons. The molecule has 1 aliphatic rings. The molecular formula is C24H27F4N7. The third-order valence-corrected chi connectivity index (χ3v) is 5.98. The number of hydrogen-bond acceptors (Lipinski definition) is 7. The van der Waals surface area contributed by atoms with E-state index in [1.165, 1.54) is 18.3 Å². The van der Waals surface area contributed by atoms with Crippen LogP contribution in [0.3, 0.4) is 0 Å². The van der Waals surface area contributed by atoms with Crippen LogP contribution in [0.4, 0.5) is 35.3 Å². The van der Waals surface area contributed by atoms with Gasteiger partial charge in [-0.15, -0.1) is 0 Å². The van der Waals surface area contributed by atoms with Crippen molar-refractivity contribution in [2.24, 2.45) is 0 Å². The number of aryl methyl sites for hydroxylation is 1. The van der Waals surface area contributed by atoms with E-state index in [9.17, 15) is 17.6 Å². The van der Waals surface area contributed by atoms with Crippen LogP contribution >= 0.6 is 0 Å². The van der Waals surface area contributed by atoms with Crippen molar-refractivity contribution in [3.8, 4) is 11.4 Å². The highest BCUT2D eigenvalue weighted by molar-refractivity contribution is 5.60. The van der Waals surface area contributed by atoms with Gasteiger partial charge in [0.2, 0.25) is 11.9 Å². The number of pyridine rings is 1. The second-order valence-corrected chi connectivity index (χ2v) is 8.26. The van der Waals surface area contributed by atoms with Crippen molar-refractivity contribution in [2.75, 3.05) is 54.0 Å². The van der Waals surface area contributed by atoms with E-state index in [0.29, 0.717) is 51.2 Å². The summed E-state index contributed by atoms with van der Waals surface area (Å²) in [5.74, 6) is 0.518. The van der Waals surface area contributed by atoms with E-state index >= 15 is 0 Å². The van der Waals surface area contributed by atoms with Crippen LogP contribution in [0.15, 0.2) is 36.5 Å². The molecule has 0 unspecified atom stereocenters. The number of benzene rings is 1. The number of halogens is 4. The number of hydrogen-bond donors (Lipinski definition) is 0. The van der Waals surface area contributed by atoms with Gasteiger partial charge in [-0.05, 0) is 50.6 Å². The zero-order chi connectivity index (χ0) is 25.2. The van der Waals surface area contributed by atoms with Crippen LogP contribution in [0.5, 0.6) is 0 Å². The topological polar surface area (TPSA) is 61.3 Å². The maximum Gasteiger partial charge on any atom is 0.419 e. The molecule has 35 heavy (non-hydrogen) atoms. The number of alkyl halides is 3. The molecule has 0 N–H and O–H groups in total. The van der Waals surface area contributed by atoms with Gasteiger partial charge in [0.1, 0.15) is 11.6 Å². The summed E-state index contributed by atoms with van der Waals surface area (Å²) in [4.78, 5) is 23.1. The summed E-state index contributed by atoms with van der Waals surface area (Å²) < 4.78 is 55.1. The molecule has 3 aromatic rings. The molecule has 0 aliphatic carbocycles. The van der Waals surface area contributed by atoms with Gasteiger partial charge in [-0.1, -0.05) is 6.07 Å². The number of nitrogens with zero attached hydrogens (tertiary/aromatic N) is 7. The Morgan fingerprint density at radius 3 is 2.26 bits per heavy atom. The molecule has 1 fully saturated rings. The summed E-state index contributed by atoms with van der Waals surface area (Å²) in [6.07, 6.45) is -3.12. The molecule has 7 nitrogen and oxygen atoms in total. The lowest BCUT2D eigenvalue weighted by Gasteiger charge is -2.36. The third-order valence-electron chi connectivity index (χ3n) is 5.98. The molecule has 0 bridgehead atoms. The summed E-state index contributed by atoms with van der Waals surface area (Å²) in [6, 6.07) is 7.20. The van der Waals surface area contributed by atoms with Gasteiger partial charge in [0.25, 0.3) is 0 Å². The molecule has 1 aliphatic heterocycles. The Morgan fingerprint density at radius 1 is 0.943 bits per heavy atom. The Kier molecular flexibility index (Phi) is 7.04. The Morgan fingerprint density at radius 2 is 1.63 bits per heavy atom. The number of rotatable bonds is 6. The molecule has 4 rings (SSSR count). The quantitative estimate of drug-likeness (QED) is 0.470. The van der Waals surface area contributed by atoms with Crippen LogP contribution in [0, 0.1) is 12.7 Å². The van der Waals surface area contributed by atoms with Crippen LogP contribution in [0.1, 0.15) is 25.0 Å². The Balaban J connectivity index is 1.64. The zero-order valence-corrected chi connectivity index (χ0v) is 19.8. The van der Waals surface area contributed by atoms with Crippen molar-refractivity contribution in [3.05, 3.63) is 53.5 Å². The average molecular weight is 490 g/mol. The van der Waals surface area contributed by atoms with E-state index in [2.05, 4.69) is 19.9 Å². The van der Waals surface area contributed by atoms with Gasteiger partial charge in [0.05, 0.1) is 11.1 Å². The fourth-order valence-corrected chi connectivity index (χ4v) is 4.05. The Labute approximate surface area is 201 Å². The Hall–Kier alpha value is -3.50. The van der Waals surface area contributed by atoms with Gasteiger partial charge in [-0.2, -0.15) is 28.1 Å². The summed E-state index contributed by atoms with van der Waals surface area (Å²) in [7, 11) is 0. The van der Waals surface area contributed by atoms with Gasteiger partial charge in [0.15, 0.2) is 5.82 Å². The molecule has 1 saturated heterocycles. The highest BCUT2D eigenvalue weighted by Crippen LogP contribution is 2.35. The van der Waals surface area contributed by atoms with Crippen molar-refractivity contribution >= 4 is 17.7 Å². The summed E-state index contributed by atoms with van der Waals surface area (Å²) in [5.41, 5.74) is 0.303. The van der Waals surface area contributed by atoms with Crippen LogP contribution in [-0.2, 0) is 6.18 Å². The van der Waals surface area contributed by atoms with Gasteiger partial charge in [-0.25, -0.2) is 9.37 Å². The molecule has 1 aromatic carbocycles. The molecule has 0 saturated carbocycles. The van der Waals surface area contributed by atoms with E-state index in [1.54, 1.807) is 24.0 Å². The lowest BCUT2D eigenvalue weighted by molar-refractivity contribution is -0.137. The molecule has 0 spiro atoms.